The molecule has 0 amide bonds. The van der Waals surface area contributed by atoms with Crippen molar-refractivity contribution < 1.29 is 0 Å². The van der Waals surface area contributed by atoms with Gasteiger partial charge in [0.05, 0.1) is 0 Å². The first kappa shape index (κ1) is 7.90. The lowest BCUT2D eigenvalue weighted by atomic mass is 9.94. The molecular weight excluding hydrogens is 156 g/mol. The Hall–Kier alpha value is 0.270. The van der Waals surface area contributed by atoms with Crippen molar-refractivity contribution in [3.05, 3.63) is 0 Å². The minimum Gasteiger partial charge on any atom is -0.314 e. The van der Waals surface area contributed by atoms with Crippen LogP contribution in [0, 0.1) is 0 Å². The SMILES string of the molecule is C1CSCC2(C1)CNCCN2. The predicted octanol–water partition coefficient (Wildman–Crippen LogP) is 0.445. The van der Waals surface area contributed by atoms with Crippen LogP contribution in [0.15, 0.2) is 0 Å². The zero-order chi connectivity index (χ0) is 7.57. The second kappa shape index (κ2) is 3.33. The lowest BCUT2D eigenvalue weighted by Gasteiger charge is -2.41. The first-order valence-corrected chi connectivity index (χ1v) is 5.60. The molecule has 1 spiro atoms. The summed E-state index contributed by atoms with van der Waals surface area (Å²) in [5, 5.41) is 7.12. The monoisotopic (exact) mass is 172 g/mol. The van der Waals surface area contributed by atoms with Gasteiger partial charge in [0.2, 0.25) is 0 Å². The standard InChI is InChI=1S/C8H16N2S/c1-2-8(7-11-5-1)6-9-3-4-10-8/h9-10H,1-7H2. The molecule has 2 fully saturated rings. The summed E-state index contributed by atoms with van der Waals surface area (Å²) in [6.45, 7) is 3.48. The smallest absolute Gasteiger partial charge is 0.0398 e. The van der Waals surface area contributed by atoms with Crippen LogP contribution in [0.5, 0.6) is 0 Å². The Labute approximate surface area is 72.5 Å². The average Bonchev–Trinajstić information content (AvgIpc) is 2.07. The molecule has 1 unspecified atom stereocenters. The Morgan fingerprint density at radius 1 is 1.27 bits per heavy atom. The maximum absolute atomic E-state index is 3.65. The zero-order valence-electron chi connectivity index (χ0n) is 6.86. The maximum Gasteiger partial charge on any atom is 0.0398 e. The minimum atomic E-state index is 0.459. The van der Waals surface area contributed by atoms with Crippen molar-refractivity contribution >= 4 is 11.8 Å². The summed E-state index contributed by atoms with van der Waals surface area (Å²) in [4.78, 5) is 0. The summed E-state index contributed by atoms with van der Waals surface area (Å²) in [5.74, 6) is 2.67. The van der Waals surface area contributed by atoms with Gasteiger partial charge in [0.25, 0.3) is 0 Å². The zero-order valence-corrected chi connectivity index (χ0v) is 7.67. The molecule has 0 aromatic rings. The van der Waals surface area contributed by atoms with Crippen molar-refractivity contribution in [2.24, 2.45) is 0 Å². The minimum absolute atomic E-state index is 0.459. The third kappa shape index (κ3) is 1.71. The molecule has 0 bridgehead atoms. The summed E-state index contributed by atoms with van der Waals surface area (Å²) in [7, 11) is 0. The molecule has 0 saturated carbocycles. The third-order valence-electron chi connectivity index (χ3n) is 2.59. The number of nitrogens with one attached hydrogen (secondary N) is 2. The molecule has 2 aliphatic rings. The quantitative estimate of drug-likeness (QED) is 0.554. The highest BCUT2D eigenvalue weighted by Gasteiger charge is 2.32. The van der Waals surface area contributed by atoms with Crippen molar-refractivity contribution in [2.75, 3.05) is 31.1 Å². The molecule has 0 aliphatic carbocycles. The molecule has 2 rings (SSSR count). The highest BCUT2D eigenvalue weighted by atomic mass is 32.2. The summed E-state index contributed by atoms with van der Waals surface area (Å²) in [6.07, 6.45) is 2.76. The molecule has 2 nitrogen and oxygen atoms in total. The van der Waals surface area contributed by atoms with Gasteiger partial charge in [0.15, 0.2) is 0 Å². The van der Waals surface area contributed by atoms with Gasteiger partial charge in [-0.25, -0.2) is 0 Å². The van der Waals surface area contributed by atoms with Gasteiger partial charge in [-0.1, -0.05) is 0 Å². The molecule has 2 aliphatic heterocycles. The summed E-state index contributed by atoms with van der Waals surface area (Å²) in [6, 6.07) is 0. The highest BCUT2D eigenvalue weighted by Crippen LogP contribution is 2.26. The Kier molecular flexibility index (Phi) is 2.39. The maximum atomic E-state index is 3.65. The van der Waals surface area contributed by atoms with Crippen LogP contribution in [0.3, 0.4) is 0 Å². The van der Waals surface area contributed by atoms with E-state index in [2.05, 4.69) is 22.4 Å². The van der Waals surface area contributed by atoms with Gasteiger partial charge in [-0.15, -0.1) is 0 Å². The lowest BCUT2D eigenvalue weighted by Crippen LogP contribution is -2.61. The molecule has 0 aromatic heterocycles. The van der Waals surface area contributed by atoms with Gasteiger partial charge in [-0.2, -0.15) is 11.8 Å². The van der Waals surface area contributed by atoms with Crippen LogP contribution in [0.1, 0.15) is 12.8 Å². The van der Waals surface area contributed by atoms with E-state index in [1.54, 1.807) is 0 Å². The van der Waals surface area contributed by atoms with Crippen molar-refractivity contribution in [3.8, 4) is 0 Å². The van der Waals surface area contributed by atoms with Crippen LogP contribution in [-0.2, 0) is 0 Å². The molecule has 2 saturated heterocycles. The van der Waals surface area contributed by atoms with E-state index in [4.69, 9.17) is 0 Å². The van der Waals surface area contributed by atoms with E-state index >= 15 is 0 Å². The molecule has 2 N–H and O–H groups in total. The summed E-state index contributed by atoms with van der Waals surface area (Å²) in [5.41, 5.74) is 0.459. The van der Waals surface area contributed by atoms with Gasteiger partial charge in [0, 0.05) is 30.9 Å². The largest absolute Gasteiger partial charge is 0.314 e. The fourth-order valence-electron chi connectivity index (χ4n) is 1.94. The van der Waals surface area contributed by atoms with Gasteiger partial charge in [-0.05, 0) is 18.6 Å². The second-order valence-electron chi connectivity index (χ2n) is 3.54. The molecular formula is C8H16N2S. The third-order valence-corrected chi connectivity index (χ3v) is 3.92. The molecule has 0 radical (unpaired) electrons. The van der Waals surface area contributed by atoms with Gasteiger partial charge < -0.3 is 10.6 Å². The van der Waals surface area contributed by atoms with Crippen LogP contribution in [0.25, 0.3) is 0 Å². The molecule has 64 valence electrons. The van der Waals surface area contributed by atoms with E-state index < -0.39 is 0 Å². The topological polar surface area (TPSA) is 24.1 Å². The number of thioether (sulfide) groups is 1. The summed E-state index contributed by atoms with van der Waals surface area (Å²) >= 11 is 2.10. The average molecular weight is 172 g/mol. The predicted molar refractivity (Wildman–Crippen MR) is 50.2 cm³/mol. The van der Waals surface area contributed by atoms with Crippen LogP contribution in [0.4, 0.5) is 0 Å². The molecule has 11 heavy (non-hydrogen) atoms. The number of hydrogen-bond donors (Lipinski definition) is 2. The fraction of sp³-hybridized carbons (Fsp3) is 1.00. The Balaban J connectivity index is 1.94. The Morgan fingerprint density at radius 2 is 2.27 bits per heavy atom. The van der Waals surface area contributed by atoms with Crippen molar-refractivity contribution in [1.29, 1.82) is 0 Å². The van der Waals surface area contributed by atoms with Crippen LogP contribution in [0.2, 0.25) is 0 Å². The van der Waals surface area contributed by atoms with Gasteiger partial charge in [-0.3, -0.25) is 0 Å². The van der Waals surface area contributed by atoms with Gasteiger partial charge >= 0.3 is 0 Å². The first-order chi connectivity index (χ1) is 5.41. The lowest BCUT2D eigenvalue weighted by molar-refractivity contribution is 0.278. The van der Waals surface area contributed by atoms with Crippen LogP contribution in [-0.4, -0.2) is 36.7 Å². The second-order valence-corrected chi connectivity index (χ2v) is 4.65. The van der Waals surface area contributed by atoms with E-state index in [9.17, 15) is 0 Å². The highest BCUT2D eigenvalue weighted by molar-refractivity contribution is 7.99. The molecule has 2 heterocycles. The fourth-order valence-corrected chi connectivity index (χ4v) is 3.17. The van der Waals surface area contributed by atoms with E-state index in [-0.39, 0.29) is 0 Å². The van der Waals surface area contributed by atoms with Crippen LogP contribution < -0.4 is 10.6 Å². The Bertz CT molecular complexity index is 107. The molecule has 1 atom stereocenters. The van der Waals surface area contributed by atoms with Gasteiger partial charge in [0.1, 0.15) is 0 Å². The van der Waals surface area contributed by atoms with Crippen molar-refractivity contribution in [1.82, 2.24) is 10.6 Å². The first-order valence-electron chi connectivity index (χ1n) is 4.45. The van der Waals surface area contributed by atoms with E-state index in [1.807, 2.05) is 0 Å². The van der Waals surface area contributed by atoms with Crippen molar-refractivity contribution in [3.63, 3.8) is 0 Å². The van der Waals surface area contributed by atoms with E-state index in [0.717, 1.165) is 13.1 Å². The number of rotatable bonds is 0. The molecule has 0 aromatic carbocycles. The Morgan fingerprint density at radius 3 is 2.91 bits per heavy atom. The van der Waals surface area contributed by atoms with E-state index in [0.29, 0.717) is 5.54 Å². The number of piperazine rings is 1. The number of hydrogen-bond acceptors (Lipinski definition) is 3. The van der Waals surface area contributed by atoms with Crippen molar-refractivity contribution in [2.45, 2.75) is 18.4 Å². The summed E-state index contributed by atoms with van der Waals surface area (Å²) < 4.78 is 0. The van der Waals surface area contributed by atoms with Crippen LogP contribution >= 0.6 is 11.8 Å². The normalized spacial score (nSPS) is 39.3. The van der Waals surface area contributed by atoms with E-state index in [1.165, 1.54) is 30.9 Å². The molecule has 3 heteroatoms.